The van der Waals surface area contributed by atoms with E-state index in [2.05, 4.69) is 0 Å². The summed E-state index contributed by atoms with van der Waals surface area (Å²) in [7, 11) is -4.64. The van der Waals surface area contributed by atoms with Crippen LogP contribution in [-0.2, 0) is 4.57 Å². The van der Waals surface area contributed by atoms with Crippen molar-refractivity contribution in [2.24, 2.45) is 5.73 Å². The van der Waals surface area contributed by atoms with E-state index in [1.54, 1.807) is 6.92 Å². The van der Waals surface area contributed by atoms with E-state index in [9.17, 15) is 0 Å². The summed E-state index contributed by atoms with van der Waals surface area (Å²) in [6.07, 6.45) is 0. The van der Waals surface area contributed by atoms with E-state index in [4.69, 9.17) is 35.2 Å². The lowest BCUT2D eigenvalue weighted by molar-refractivity contribution is 0.134. The maximum Gasteiger partial charge on any atom is 0.466 e. The Morgan fingerprint density at radius 2 is 1.42 bits per heavy atom. The van der Waals surface area contributed by atoms with E-state index in [1.807, 2.05) is 0 Å². The van der Waals surface area contributed by atoms with Crippen LogP contribution in [0.2, 0.25) is 0 Å². The smallest absolute Gasteiger partial charge is 0.394 e. The van der Waals surface area contributed by atoms with E-state index in [0.29, 0.717) is 0 Å². The first-order chi connectivity index (χ1) is 5.12. The summed E-state index contributed by atoms with van der Waals surface area (Å²) in [6.45, 7) is 1.22. The molecule has 7 N–H and O–H groups in total. The molecule has 0 amide bonds. The van der Waals surface area contributed by atoms with Crippen molar-refractivity contribution in [3.05, 3.63) is 0 Å². The van der Waals surface area contributed by atoms with Crippen LogP contribution >= 0.6 is 7.82 Å². The second kappa shape index (κ2) is 5.60. The van der Waals surface area contributed by atoms with Gasteiger partial charge in [-0.15, -0.1) is 0 Å². The Morgan fingerprint density at radius 1 is 1.25 bits per heavy atom. The molecule has 0 bridgehead atoms. The predicted molar refractivity (Wildman–Crippen MR) is 41.0 cm³/mol. The molecule has 0 heterocycles. The fourth-order valence-electron chi connectivity index (χ4n) is 0.0500. The third-order valence-corrected chi connectivity index (χ3v) is 0.722. The number of hydrogen-bond donors (Lipinski definition) is 6. The normalized spacial score (nSPS) is 11.9. The molecule has 0 fully saturated rings. The average Bonchev–Trinajstić information content (AvgIpc) is 1.85. The molecule has 76 valence electrons. The molecule has 0 aromatic heterocycles. The Bertz CT molecular complexity index is 139. The zero-order chi connectivity index (χ0) is 10.4. The fourth-order valence-corrected chi connectivity index (χ4v) is 0.0500. The van der Waals surface area contributed by atoms with Crippen LogP contribution in [0.5, 0.6) is 0 Å². The van der Waals surface area contributed by atoms with Gasteiger partial charge in [-0.3, -0.25) is 0 Å². The lowest BCUT2D eigenvalue weighted by Crippen LogP contribution is -2.43. The number of aliphatic hydroxyl groups is 2. The molecule has 0 aliphatic carbocycles. The van der Waals surface area contributed by atoms with Crippen LogP contribution in [0.1, 0.15) is 6.92 Å². The van der Waals surface area contributed by atoms with Gasteiger partial charge in [-0.2, -0.15) is 0 Å². The van der Waals surface area contributed by atoms with Gasteiger partial charge < -0.3 is 30.6 Å². The molecule has 7 nitrogen and oxygen atoms in total. The quantitative estimate of drug-likeness (QED) is 0.278. The summed E-state index contributed by atoms with van der Waals surface area (Å²) < 4.78 is 8.88. The van der Waals surface area contributed by atoms with Gasteiger partial charge in [0.15, 0.2) is 0 Å². The maximum absolute atomic E-state index is 8.88. The highest BCUT2D eigenvalue weighted by Gasteiger charge is 2.13. The number of phosphoric acid groups is 1. The molecule has 0 spiro atoms. The van der Waals surface area contributed by atoms with E-state index < -0.39 is 13.4 Å². The average molecular weight is 203 g/mol. The van der Waals surface area contributed by atoms with Crippen molar-refractivity contribution in [1.82, 2.24) is 0 Å². The Kier molecular flexibility index (Phi) is 6.78. The maximum atomic E-state index is 8.88. The van der Waals surface area contributed by atoms with Gasteiger partial charge in [-0.25, -0.2) is 4.57 Å². The number of nitrogens with two attached hydrogens (primary N) is 1. The molecular formula is C4H14NO6P. The van der Waals surface area contributed by atoms with Crippen molar-refractivity contribution in [3.8, 4) is 0 Å². The monoisotopic (exact) mass is 203 g/mol. The molecule has 0 aromatic carbocycles. The molecule has 0 radical (unpaired) electrons. The number of aliphatic hydroxyl groups excluding tert-OH is 2. The minimum absolute atomic E-state index is 0.177. The van der Waals surface area contributed by atoms with Crippen LogP contribution in [-0.4, -0.2) is 43.6 Å². The first-order valence-electron chi connectivity index (χ1n) is 2.91. The van der Waals surface area contributed by atoms with Gasteiger partial charge in [-0.1, -0.05) is 0 Å². The summed E-state index contributed by atoms with van der Waals surface area (Å²) >= 11 is 0. The van der Waals surface area contributed by atoms with E-state index in [0.717, 1.165) is 0 Å². The van der Waals surface area contributed by atoms with Crippen LogP contribution < -0.4 is 5.73 Å². The van der Waals surface area contributed by atoms with Crippen molar-refractivity contribution in [3.63, 3.8) is 0 Å². The van der Waals surface area contributed by atoms with Crippen molar-refractivity contribution in [1.29, 1.82) is 0 Å². The molecule has 8 heteroatoms. The third kappa shape index (κ3) is 22.5. The largest absolute Gasteiger partial charge is 0.466 e. The van der Waals surface area contributed by atoms with Crippen LogP contribution in [0.3, 0.4) is 0 Å². The lowest BCUT2D eigenvalue weighted by atomic mass is 10.1. The first kappa shape index (κ1) is 14.5. The van der Waals surface area contributed by atoms with E-state index in [-0.39, 0.29) is 13.2 Å². The Balaban J connectivity index is 0. The number of hydrogen-bond acceptors (Lipinski definition) is 4. The summed E-state index contributed by atoms with van der Waals surface area (Å²) in [5.74, 6) is 0. The van der Waals surface area contributed by atoms with Crippen LogP contribution in [0.15, 0.2) is 0 Å². The molecule has 12 heavy (non-hydrogen) atoms. The Morgan fingerprint density at radius 3 is 1.42 bits per heavy atom. The van der Waals surface area contributed by atoms with Gasteiger partial charge in [0.05, 0.1) is 18.8 Å². The first-order valence-corrected chi connectivity index (χ1v) is 4.48. The SMILES string of the molecule is CC(N)(CO)CO.O=P(O)(O)O. The van der Waals surface area contributed by atoms with Gasteiger partial charge in [-0.05, 0) is 6.92 Å². The topological polar surface area (TPSA) is 144 Å². The number of rotatable bonds is 2. The Hall–Kier alpha value is -0.0100. The minimum Gasteiger partial charge on any atom is -0.394 e. The van der Waals surface area contributed by atoms with Gasteiger partial charge in [0.25, 0.3) is 0 Å². The molecular weight excluding hydrogens is 189 g/mol. The Labute approximate surface area is 69.7 Å². The molecule has 0 atom stereocenters. The fraction of sp³-hybridized carbons (Fsp3) is 1.00. The van der Waals surface area contributed by atoms with Crippen molar-refractivity contribution in [2.45, 2.75) is 12.5 Å². The van der Waals surface area contributed by atoms with Crippen molar-refractivity contribution in [2.75, 3.05) is 13.2 Å². The molecule has 0 saturated carbocycles. The second-order valence-corrected chi connectivity index (χ2v) is 3.51. The van der Waals surface area contributed by atoms with Crippen molar-refractivity contribution >= 4 is 7.82 Å². The zero-order valence-electron chi connectivity index (χ0n) is 6.58. The highest BCUT2D eigenvalue weighted by molar-refractivity contribution is 7.45. The third-order valence-electron chi connectivity index (χ3n) is 0.722. The standard InChI is InChI=1S/C4H11NO2.H3O4P/c1-4(5,2-6)3-7;1-5(2,3)4/h6-7H,2-3,5H2,1H3;(H3,1,2,3,4). The minimum atomic E-state index is -4.64. The van der Waals surface area contributed by atoms with Gasteiger partial charge in [0.1, 0.15) is 0 Å². The van der Waals surface area contributed by atoms with E-state index in [1.165, 1.54) is 0 Å². The molecule has 0 aromatic rings. The molecule has 0 aliphatic heterocycles. The highest BCUT2D eigenvalue weighted by atomic mass is 31.2. The van der Waals surface area contributed by atoms with E-state index >= 15 is 0 Å². The second-order valence-electron chi connectivity index (χ2n) is 2.48. The van der Waals surface area contributed by atoms with Gasteiger partial charge in [0.2, 0.25) is 0 Å². The van der Waals surface area contributed by atoms with Crippen LogP contribution in [0, 0.1) is 0 Å². The van der Waals surface area contributed by atoms with Crippen LogP contribution in [0.4, 0.5) is 0 Å². The summed E-state index contributed by atoms with van der Waals surface area (Å²) in [5.41, 5.74) is 4.41. The lowest BCUT2D eigenvalue weighted by Gasteiger charge is -2.16. The molecule has 0 saturated heterocycles. The summed E-state index contributed by atoms with van der Waals surface area (Å²) in [5, 5.41) is 16.6. The summed E-state index contributed by atoms with van der Waals surface area (Å²) in [6, 6.07) is 0. The van der Waals surface area contributed by atoms with Crippen LogP contribution in [0.25, 0.3) is 0 Å². The van der Waals surface area contributed by atoms with Crippen molar-refractivity contribution < 1.29 is 29.5 Å². The van der Waals surface area contributed by atoms with Gasteiger partial charge in [0, 0.05) is 0 Å². The highest BCUT2D eigenvalue weighted by Crippen LogP contribution is 2.25. The van der Waals surface area contributed by atoms with Gasteiger partial charge >= 0.3 is 7.82 Å². The molecule has 0 rings (SSSR count). The molecule has 0 unspecified atom stereocenters. The zero-order valence-corrected chi connectivity index (χ0v) is 7.48. The summed E-state index contributed by atoms with van der Waals surface area (Å²) in [4.78, 5) is 21.6. The predicted octanol–water partition coefficient (Wildman–Crippen LogP) is -2.24. The molecule has 0 aliphatic rings.